The van der Waals surface area contributed by atoms with Crippen molar-refractivity contribution in [2.24, 2.45) is 5.73 Å². The van der Waals surface area contributed by atoms with Crippen molar-refractivity contribution in [2.75, 3.05) is 0 Å². The number of nitrogens with zero attached hydrogens (tertiary/aromatic N) is 1. The van der Waals surface area contributed by atoms with Crippen LogP contribution in [0.4, 0.5) is 4.39 Å². The molecule has 4 heteroatoms. The summed E-state index contributed by atoms with van der Waals surface area (Å²) in [6.45, 7) is 1.63. The zero-order chi connectivity index (χ0) is 8.43. The highest BCUT2D eigenvalue weighted by Crippen LogP contribution is 2.05. The fourth-order valence-corrected chi connectivity index (χ4v) is 0.708. The predicted molar refractivity (Wildman–Crippen MR) is 37.4 cm³/mol. The van der Waals surface area contributed by atoms with Crippen LogP contribution in [0.3, 0.4) is 0 Å². The summed E-state index contributed by atoms with van der Waals surface area (Å²) >= 11 is 0. The number of carbonyl (C=O) groups is 1. The van der Waals surface area contributed by atoms with E-state index in [1.165, 1.54) is 6.07 Å². The topological polar surface area (TPSA) is 56.0 Å². The molecule has 1 aromatic heterocycles. The maximum absolute atomic E-state index is 12.8. The van der Waals surface area contributed by atoms with Crippen LogP contribution in [0.15, 0.2) is 12.3 Å². The van der Waals surface area contributed by atoms with Crippen LogP contribution in [0, 0.1) is 12.7 Å². The average Bonchev–Trinajstić information content (AvgIpc) is 1.85. The Kier molecular flexibility index (Phi) is 1.85. The summed E-state index contributed by atoms with van der Waals surface area (Å²) in [6.07, 6.45) is 1.13. The normalized spacial score (nSPS) is 9.64. The first kappa shape index (κ1) is 7.65. The molecule has 2 N–H and O–H groups in total. The van der Waals surface area contributed by atoms with E-state index in [0.717, 1.165) is 6.20 Å². The Bertz CT molecular complexity index is 298. The van der Waals surface area contributed by atoms with Gasteiger partial charge in [0.25, 0.3) is 5.91 Å². The monoisotopic (exact) mass is 154 g/mol. The van der Waals surface area contributed by atoms with Crippen molar-refractivity contribution >= 4 is 5.91 Å². The van der Waals surface area contributed by atoms with E-state index in [1.54, 1.807) is 6.92 Å². The third-order valence-corrected chi connectivity index (χ3v) is 1.26. The molecule has 1 amide bonds. The van der Waals surface area contributed by atoms with E-state index in [-0.39, 0.29) is 5.56 Å². The Morgan fingerprint density at radius 3 is 2.82 bits per heavy atom. The molecule has 0 aliphatic rings. The highest BCUT2D eigenvalue weighted by atomic mass is 19.1. The van der Waals surface area contributed by atoms with Crippen molar-refractivity contribution in [1.29, 1.82) is 0 Å². The maximum atomic E-state index is 12.8. The number of nitrogens with two attached hydrogens (primary N) is 1. The average molecular weight is 154 g/mol. The number of pyridine rings is 1. The summed E-state index contributed by atoms with van der Waals surface area (Å²) < 4.78 is 12.8. The fraction of sp³-hybridized carbons (Fsp3) is 0.143. The van der Waals surface area contributed by atoms with Crippen molar-refractivity contribution in [3.63, 3.8) is 0 Å². The molecule has 0 saturated carbocycles. The van der Waals surface area contributed by atoms with Crippen LogP contribution in [0.5, 0.6) is 0 Å². The van der Waals surface area contributed by atoms with Crippen molar-refractivity contribution in [2.45, 2.75) is 6.92 Å². The molecule has 0 spiro atoms. The predicted octanol–water partition coefficient (Wildman–Crippen LogP) is 0.628. The summed E-state index contributed by atoms with van der Waals surface area (Å²) in [4.78, 5) is 14.2. The summed E-state index contributed by atoms with van der Waals surface area (Å²) in [6, 6.07) is 1.17. The molecule has 0 fully saturated rings. The first-order chi connectivity index (χ1) is 5.11. The molecule has 0 unspecified atom stereocenters. The van der Waals surface area contributed by atoms with Gasteiger partial charge in [-0.05, 0) is 13.0 Å². The zero-order valence-electron chi connectivity index (χ0n) is 5.97. The standard InChI is InChI=1S/C7H7FN2O/c1-4-2-6(8)5(3-10-4)7(9)11/h2-3H,1H3,(H2,9,11). The van der Waals surface area contributed by atoms with Crippen molar-refractivity contribution in [3.05, 3.63) is 29.3 Å². The van der Waals surface area contributed by atoms with Gasteiger partial charge < -0.3 is 5.73 Å². The maximum Gasteiger partial charge on any atom is 0.253 e. The summed E-state index contributed by atoms with van der Waals surface area (Å²) in [5, 5.41) is 0. The Labute approximate surface area is 63.0 Å². The molecule has 58 valence electrons. The number of hydrogen-bond donors (Lipinski definition) is 1. The highest BCUT2D eigenvalue weighted by molar-refractivity contribution is 5.92. The van der Waals surface area contributed by atoms with E-state index in [2.05, 4.69) is 4.98 Å². The molecule has 0 atom stereocenters. The van der Waals surface area contributed by atoms with Gasteiger partial charge in [-0.3, -0.25) is 9.78 Å². The number of aryl methyl sites for hydroxylation is 1. The van der Waals surface area contributed by atoms with E-state index < -0.39 is 11.7 Å². The second kappa shape index (κ2) is 2.65. The molecule has 11 heavy (non-hydrogen) atoms. The molecule has 3 nitrogen and oxygen atoms in total. The van der Waals surface area contributed by atoms with Crippen LogP contribution in [0.25, 0.3) is 0 Å². The lowest BCUT2D eigenvalue weighted by Gasteiger charge is -1.97. The van der Waals surface area contributed by atoms with E-state index in [1.807, 2.05) is 0 Å². The third-order valence-electron chi connectivity index (χ3n) is 1.26. The number of hydrogen-bond acceptors (Lipinski definition) is 2. The Hall–Kier alpha value is -1.45. The van der Waals surface area contributed by atoms with Crippen LogP contribution in [0.1, 0.15) is 16.1 Å². The molecule has 1 rings (SSSR count). The quantitative estimate of drug-likeness (QED) is 0.644. The fourth-order valence-electron chi connectivity index (χ4n) is 0.708. The first-order valence-electron chi connectivity index (χ1n) is 3.03. The van der Waals surface area contributed by atoms with Crippen LogP contribution < -0.4 is 5.73 Å². The van der Waals surface area contributed by atoms with Crippen LogP contribution in [-0.4, -0.2) is 10.9 Å². The molecule has 0 aliphatic heterocycles. The van der Waals surface area contributed by atoms with Gasteiger partial charge in [0.2, 0.25) is 0 Å². The molecule has 0 radical (unpaired) electrons. The van der Waals surface area contributed by atoms with Gasteiger partial charge in [-0.25, -0.2) is 4.39 Å². The lowest BCUT2D eigenvalue weighted by atomic mass is 10.2. The molecular formula is C7H7FN2O. The molecule has 0 bridgehead atoms. The Morgan fingerprint density at radius 2 is 2.36 bits per heavy atom. The smallest absolute Gasteiger partial charge is 0.253 e. The Morgan fingerprint density at radius 1 is 1.73 bits per heavy atom. The molecular weight excluding hydrogens is 147 g/mol. The van der Waals surface area contributed by atoms with Crippen LogP contribution in [-0.2, 0) is 0 Å². The van der Waals surface area contributed by atoms with E-state index in [9.17, 15) is 9.18 Å². The number of aromatic nitrogens is 1. The summed E-state index contributed by atoms with van der Waals surface area (Å²) in [5.41, 5.74) is 5.20. The van der Waals surface area contributed by atoms with Crippen molar-refractivity contribution in [1.82, 2.24) is 4.98 Å². The summed E-state index contributed by atoms with van der Waals surface area (Å²) in [7, 11) is 0. The molecule has 1 aromatic rings. The van der Waals surface area contributed by atoms with Crippen molar-refractivity contribution < 1.29 is 9.18 Å². The molecule has 1 heterocycles. The minimum absolute atomic E-state index is 0.171. The second-order valence-electron chi connectivity index (χ2n) is 2.17. The molecule has 0 aliphatic carbocycles. The number of rotatable bonds is 1. The lowest BCUT2D eigenvalue weighted by Crippen LogP contribution is -2.13. The van der Waals surface area contributed by atoms with Gasteiger partial charge in [0.1, 0.15) is 5.82 Å². The minimum atomic E-state index is -0.796. The van der Waals surface area contributed by atoms with E-state index in [0.29, 0.717) is 5.69 Å². The lowest BCUT2D eigenvalue weighted by molar-refractivity contribution is 0.0996. The first-order valence-corrected chi connectivity index (χ1v) is 3.03. The van der Waals surface area contributed by atoms with Crippen LogP contribution in [0.2, 0.25) is 0 Å². The second-order valence-corrected chi connectivity index (χ2v) is 2.17. The minimum Gasteiger partial charge on any atom is -0.365 e. The highest BCUT2D eigenvalue weighted by Gasteiger charge is 2.07. The van der Waals surface area contributed by atoms with Gasteiger partial charge in [-0.2, -0.15) is 0 Å². The van der Waals surface area contributed by atoms with E-state index in [4.69, 9.17) is 5.73 Å². The Balaban J connectivity index is 3.20. The third kappa shape index (κ3) is 1.52. The van der Waals surface area contributed by atoms with Gasteiger partial charge in [0.05, 0.1) is 5.56 Å². The zero-order valence-corrected chi connectivity index (χ0v) is 5.97. The van der Waals surface area contributed by atoms with Crippen LogP contribution >= 0.6 is 0 Å². The largest absolute Gasteiger partial charge is 0.365 e. The van der Waals surface area contributed by atoms with Crippen molar-refractivity contribution in [3.8, 4) is 0 Å². The molecule has 0 saturated heterocycles. The van der Waals surface area contributed by atoms with Gasteiger partial charge in [-0.15, -0.1) is 0 Å². The number of halogens is 1. The van der Waals surface area contributed by atoms with Gasteiger partial charge in [0, 0.05) is 11.9 Å². The molecule has 0 aromatic carbocycles. The summed E-state index contributed by atoms with van der Waals surface area (Å²) in [5.74, 6) is -1.42. The SMILES string of the molecule is Cc1cc(F)c(C(N)=O)cn1. The number of primary amides is 1. The van der Waals surface area contributed by atoms with Gasteiger partial charge in [0.15, 0.2) is 0 Å². The number of amides is 1. The van der Waals surface area contributed by atoms with Gasteiger partial charge in [-0.1, -0.05) is 0 Å². The van der Waals surface area contributed by atoms with Gasteiger partial charge >= 0.3 is 0 Å². The van der Waals surface area contributed by atoms with E-state index >= 15 is 0 Å². The number of carbonyl (C=O) groups excluding carboxylic acids is 1.